The van der Waals surface area contributed by atoms with Gasteiger partial charge in [-0.2, -0.15) is 0 Å². The second-order valence-corrected chi connectivity index (χ2v) is 8.46. The second-order valence-electron chi connectivity index (χ2n) is 8.03. The fourth-order valence-corrected chi connectivity index (χ4v) is 3.71. The Balaban J connectivity index is 2.28. The van der Waals surface area contributed by atoms with Crippen molar-refractivity contribution < 1.29 is 19.7 Å². The van der Waals surface area contributed by atoms with E-state index in [1.54, 1.807) is 30.9 Å². The SMILES string of the molecule is COC(=O)N(CC[C@](O)(CC(C)(C)O)c1ccccc1)C(C)c1ccc(Cl)cc1. The molecule has 1 amide bonds. The van der Waals surface area contributed by atoms with E-state index in [4.69, 9.17) is 16.3 Å². The van der Waals surface area contributed by atoms with E-state index < -0.39 is 17.3 Å². The Labute approximate surface area is 177 Å². The molecule has 0 saturated heterocycles. The summed E-state index contributed by atoms with van der Waals surface area (Å²) in [6.07, 6.45) is -0.103. The third-order valence-electron chi connectivity index (χ3n) is 5.03. The summed E-state index contributed by atoms with van der Waals surface area (Å²) in [7, 11) is 1.34. The van der Waals surface area contributed by atoms with Crippen molar-refractivity contribution in [1.82, 2.24) is 4.90 Å². The minimum Gasteiger partial charge on any atom is -0.453 e. The minimum absolute atomic E-state index is 0.133. The van der Waals surface area contributed by atoms with E-state index in [9.17, 15) is 15.0 Å². The highest BCUT2D eigenvalue weighted by Crippen LogP contribution is 2.35. The Morgan fingerprint density at radius 2 is 1.69 bits per heavy atom. The lowest BCUT2D eigenvalue weighted by Gasteiger charge is -2.37. The van der Waals surface area contributed by atoms with Crippen molar-refractivity contribution in [3.8, 4) is 0 Å². The summed E-state index contributed by atoms with van der Waals surface area (Å²) in [5.74, 6) is 0. The number of benzene rings is 2. The molecule has 0 aliphatic heterocycles. The van der Waals surface area contributed by atoms with Gasteiger partial charge in [0.05, 0.1) is 24.4 Å². The van der Waals surface area contributed by atoms with Gasteiger partial charge in [0.2, 0.25) is 0 Å². The molecule has 2 N–H and O–H groups in total. The van der Waals surface area contributed by atoms with E-state index in [0.717, 1.165) is 5.56 Å². The zero-order valence-corrected chi connectivity index (χ0v) is 18.2. The molecule has 0 heterocycles. The van der Waals surface area contributed by atoms with Crippen LogP contribution >= 0.6 is 11.6 Å². The maximum absolute atomic E-state index is 12.5. The molecular weight excluding hydrogens is 390 g/mol. The molecule has 2 aromatic rings. The molecule has 6 heteroatoms. The van der Waals surface area contributed by atoms with Gasteiger partial charge in [-0.25, -0.2) is 4.79 Å². The van der Waals surface area contributed by atoms with E-state index >= 15 is 0 Å². The summed E-state index contributed by atoms with van der Waals surface area (Å²) in [4.78, 5) is 14.0. The first-order chi connectivity index (χ1) is 13.6. The number of carbonyl (C=O) groups excluding carboxylic acids is 1. The van der Waals surface area contributed by atoms with Crippen molar-refractivity contribution in [1.29, 1.82) is 0 Å². The summed E-state index contributed by atoms with van der Waals surface area (Å²) in [5, 5.41) is 22.4. The minimum atomic E-state index is -1.30. The Morgan fingerprint density at radius 3 is 2.21 bits per heavy atom. The number of methoxy groups -OCH3 is 1. The fraction of sp³-hybridized carbons (Fsp3) is 0.435. The molecule has 0 bridgehead atoms. The van der Waals surface area contributed by atoms with Crippen LogP contribution in [0.2, 0.25) is 5.02 Å². The van der Waals surface area contributed by atoms with Crippen LogP contribution in [-0.2, 0) is 10.3 Å². The smallest absolute Gasteiger partial charge is 0.409 e. The normalized spacial score (nSPS) is 14.7. The number of ether oxygens (including phenoxy) is 1. The third-order valence-corrected chi connectivity index (χ3v) is 5.28. The first-order valence-electron chi connectivity index (χ1n) is 9.66. The van der Waals surface area contributed by atoms with Crippen molar-refractivity contribution in [2.45, 2.75) is 50.9 Å². The molecule has 0 fully saturated rings. The Hall–Kier alpha value is -2.08. The van der Waals surface area contributed by atoms with Crippen molar-refractivity contribution >= 4 is 17.7 Å². The van der Waals surface area contributed by atoms with E-state index in [0.29, 0.717) is 10.6 Å². The summed E-state index contributed by atoms with van der Waals surface area (Å²) in [5.41, 5.74) is -0.773. The fourth-order valence-electron chi connectivity index (χ4n) is 3.59. The van der Waals surface area contributed by atoms with Gasteiger partial charge >= 0.3 is 6.09 Å². The maximum Gasteiger partial charge on any atom is 0.409 e. The van der Waals surface area contributed by atoms with Crippen LogP contribution in [0.15, 0.2) is 54.6 Å². The zero-order chi connectivity index (χ0) is 21.7. The summed E-state index contributed by atoms with van der Waals surface area (Å²) < 4.78 is 4.98. The van der Waals surface area contributed by atoms with Crippen LogP contribution in [0.25, 0.3) is 0 Å². The van der Waals surface area contributed by atoms with Gasteiger partial charge in [0.15, 0.2) is 0 Å². The van der Waals surface area contributed by atoms with Gasteiger partial charge in [-0.3, -0.25) is 0 Å². The highest BCUT2D eigenvalue weighted by Gasteiger charge is 2.36. The molecule has 2 atom stereocenters. The van der Waals surface area contributed by atoms with Gasteiger partial charge in [0.1, 0.15) is 0 Å². The van der Waals surface area contributed by atoms with E-state index in [-0.39, 0.29) is 25.4 Å². The number of hydrogen-bond acceptors (Lipinski definition) is 4. The molecule has 2 aromatic carbocycles. The van der Waals surface area contributed by atoms with Crippen molar-refractivity contribution in [2.24, 2.45) is 0 Å². The molecule has 0 aliphatic rings. The Kier molecular flexibility index (Phi) is 7.69. The van der Waals surface area contributed by atoms with Gasteiger partial charge in [-0.1, -0.05) is 54.1 Å². The number of nitrogens with zero attached hydrogens (tertiary/aromatic N) is 1. The highest BCUT2D eigenvalue weighted by atomic mass is 35.5. The van der Waals surface area contributed by atoms with Gasteiger partial charge in [0.25, 0.3) is 0 Å². The number of rotatable bonds is 8. The van der Waals surface area contributed by atoms with Gasteiger partial charge < -0.3 is 19.8 Å². The lowest BCUT2D eigenvalue weighted by Crippen LogP contribution is -2.41. The first kappa shape index (κ1) is 23.2. The van der Waals surface area contributed by atoms with Gasteiger partial charge in [0, 0.05) is 18.0 Å². The van der Waals surface area contributed by atoms with Crippen LogP contribution in [0.4, 0.5) is 4.79 Å². The lowest BCUT2D eigenvalue weighted by molar-refractivity contribution is -0.0602. The number of carbonyl (C=O) groups is 1. The molecule has 29 heavy (non-hydrogen) atoms. The molecule has 0 spiro atoms. The average Bonchev–Trinajstić information content (AvgIpc) is 2.67. The molecule has 5 nitrogen and oxygen atoms in total. The van der Waals surface area contributed by atoms with E-state index in [1.165, 1.54) is 7.11 Å². The predicted octanol–water partition coefficient (Wildman–Crippen LogP) is 4.91. The van der Waals surface area contributed by atoms with Crippen molar-refractivity contribution in [3.05, 3.63) is 70.7 Å². The predicted molar refractivity (Wildman–Crippen MR) is 115 cm³/mol. The standard InChI is InChI=1S/C23H30ClNO4/c1-17(18-10-12-20(24)13-11-18)25(21(26)29-4)15-14-23(28,16-22(2,3)27)19-8-6-5-7-9-19/h5-13,17,27-28H,14-16H2,1-4H3/t17?,23-/m0/s1. The van der Waals surface area contributed by atoms with Crippen molar-refractivity contribution in [2.75, 3.05) is 13.7 Å². The molecular formula is C23H30ClNO4. The van der Waals surface area contributed by atoms with E-state index in [1.807, 2.05) is 49.4 Å². The Morgan fingerprint density at radius 1 is 1.10 bits per heavy atom. The van der Waals surface area contributed by atoms with Crippen LogP contribution in [0, 0.1) is 0 Å². The topological polar surface area (TPSA) is 70.0 Å². The quantitative estimate of drug-likeness (QED) is 0.637. The molecule has 158 valence electrons. The zero-order valence-electron chi connectivity index (χ0n) is 17.4. The highest BCUT2D eigenvalue weighted by molar-refractivity contribution is 6.30. The maximum atomic E-state index is 12.5. The molecule has 0 aromatic heterocycles. The van der Waals surface area contributed by atoms with Gasteiger partial charge in [-0.05, 0) is 50.5 Å². The first-order valence-corrected chi connectivity index (χ1v) is 10.0. The summed E-state index contributed by atoms with van der Waals surface area (Å²) >= 11 is 5.97. The van der Waals surface area contributed by atoms with Crippen LogP contribution in [-0.4, -0.2) is 40.5 Å². The monoisotopic (exact) mass is 419 g/mol. The molecule has 0 radical (unpaired) electrons. The van der Waals surface area contributed by atoms with E-state index in [2.05, 4.69) is 0 Å². The summed E-state index contributed by atoms with van der Waals surface area (Å²) in [6.45, 7) is 5.47. The van der Waals surface area contributed by atoms with Crippen LogP contribution in [0.3, 0.4) is 0 Å². The van der Waals surface area contributed by atoms with Gasteiger partial charge in [-0.15, -0.1) is 0 Å². The number of aliphatic hydroxyl groups is 2. The molecule has 0 aliphatic carbocycles. The third kappa shape index (κ3) is 6.46. The average molecular weight is 420 g/mol. The summed E-state index contributed by atoms with van der Waals surface area (Å²) in [6, 6.07) is 16.2. The van der Waals surface area contributed by atoms with Crippen LogP contribution in [0.1, 0.15) is 50.8 Å². The van der Waals surface area contributed by atoms with Crippen LogP contribution in [0.5, 0.6) is 0 Å². The number of amides is 1. The number of halogens is 1. The second kappa shape index (κ2) is 9.61. The Bertz CT molecular complexity index is 789. The molecule has 0 saturated carbocycles. The number of hydrogen-bond donors (Lipinski definition) is 2. The molecule has 2 rings (SSSR count). The van der Waals surface area contributed by atoms with Crippen molar-refractivity contribution in [3.63, 3.8) is 0 Å². The van der Waals surface area contributed by atoms with Crippen LogP contribution < -0.4 is 0 Å². The largest absolute Gasteiger partial charge is 0.453 e. The lowest BCUT2D eigenvalue weighted by atomic mass is 9.81. The molecule has 1 unspecified atom stereocenters.